The van der Waals surface area contributed by atoms with Gasteiger partial charge in [0.2, 0.25) is 0 Å². The van der Waals surface area contributed by atoms with Crippen molar-refractivity contribution >= 4 is 0 Å². The second-order valence-corrected chi connectivity index (χ2v) is 1.91. The number of halogens is 1. The fourth-order valence-electron chi connectivity index (χ4n) is 0.268. The molecule has 0 aliphatic carbocycles. The molecule has 0 spiro atoms. The summed E-state index contributed by atoms with van der Waals surface area (Å²) in [5.74, 6) is 0. The standard InChI is InChI=1S/C4H12NO4.BrH/c6-1-5(2-7,3-8)4-9;/h6-9H,1-4H2;1H/q+1;/p-1. The van der Waals surface area contributed by atoms with Gasteiger partial charge in [0, 0.05) is 0 Å². The molecule has 0 heterocycles. The minimum atomic E-state index is -0.500. The Hall–Kier alpha value is 0.280. The maximum Gasteiger partial charge on any atom is 0.185 e. The van der Waals surface area contributed by atoms with Crippen LogP contribution in [0.5, 0.6) is 0 Å². The Morgan fingerprint density at radius 1 is 0.700 bits per heavy atom. The predicted molar refractivity (Wildman–Crippen MR) is 28.6 cm³/mol. The highest BCUT2D eigenvalue weighted by molar-refractivity contribution is 4.10. The lowest BCUT2D eigenvalue weighted by Gasteiger charge is -2.28. The molecule has 0 bridgehead atoms. The van der Waals surface area contributed by atoms with Crippen LogP contribution in [-0.2, 0) is 0 Å². The van der Waals surface area contributed by atoms with Gasteiger partial charge in [0.1, 0.15) is 0 Å². The van der Waals surface area contributed by atoms with E-state index in [4.69, 9.17) is 20.4 Å². The van der Waals surface area contributed by atoms with Gasteiger partial charge in [0.25, 0.3) is 0 Å². The molecule has 10 heavy (non-hydrogen) atoms. The van der Waals surface area contributed by atoms with Crippen molar-refractivity contribution < 1.29 is 41.9 Å². The summed E-state index contributed by atoms with van der Waals surface area (Å²) in [6, 6.07) is 0. The van der Waals surface area contributed by atoms with Gasteiger partial charge in [-0.2, -0.15) is 0 Å². The van der Waals surface area contributed by atoms with E-state index >= 15 is 0 Å². The molecule has 0 amide bonds. The van der Waals surface area contributed by atoms with Gasteiger partial charge in [0.05, 0.1) is 0 Å². The molecule has 0 aromatic heterocycles. The van der Waals surface area contributed by atoms with Gasteiger partial charge in [-0.1, -0.05) is 0 Å². The van der Waals surface area contributed by atoms with Gasteiger partial charge < -0.3 is 37.4 Å². The maximum absolute atomic E-state index is 8.47. The van der Waals surface area contributed by atoms with Crippen molar-refractivity contribution in [2.75, 3.05) is 26.9 Å². The Morgan fingerprint density at radius 3 is 0.900 bits per heavy atom. The first-order valence-electron chi connectivity index (χ1n) is 2.53. The Labute approximate surface area is 69.5 Å². The first kappa shape index (κ1) is 12.9. The first-order chi connectivity index (χ1) is 4.24. The van der Waals surface area contributed by atoms with Crippen LogP contribution in [0.2, 0.25) is 0 Å². The molecule has 0 aliphatic heterocycles. The summed E-state index contributed by atoms with van der Waals surface area (Å²) in [5, 5.41) is 33.9. The monoisotopic (exact) mass is 217 g/mol. The molecule has 0 fully saturated rings. The summed E-state index contributed by atoms with van der Waals surface area (Å²) in [4.78, 5) is 0. The number of aliphatic hydroxyl groups is 4. The number of rotatable bonds is 4. The van der Waals surface area contributed by atoms with Gasteiger partial charge in [-0.3, -0.25) is 0 Å². The second-order valence-electron chi connectivity index (χ2n) is 1.91. The quantitative estimate of drug-likeness (QED) is 0.280. The molecule has 0 aliphatic rings. The van der Waals surface area contributed by atoms with E-state index in [1.807, 2.05) is 0 Å². The van der Waals surface area contributed by atoms with Gasteiger partial charge >= 0.3 is 0 Å². The van der Waals surface area contributed by atoms with E-state index < -0.39 is 31.4 Å². The molecule has 0 saturated heterocycles. The van der Waals surface area contributed by atoms with E-state index in [1.165, 1.54) is 0 Å². The third-order valence-electron chi connectivity index (χ3n) is 1.20. The molecule has 0 atom stereocenters. The normalized spacial score (nSPS) is 10.8. The summed E-state index contributed by atoms with van der Waals surface area (Å²) in [7, 11) is 0. The lowest BCUT2D eigenvalue weighted by Crippen LogP contribution is -3.00. The minimum absolute atomic E-state index is 0. The second kappa shape index (κ2) is 6.02. The SMILES string of the molecule is OC[N+](CO)(CO)CO.[Br-]. The zero-order valence-corrected chi connectivity index (χ0v) is 7.03. The number of nitrogens with zero attached hydrogens (tertiary/aromatic N) is 1. The van der Waals surface area contributed by atoms with Crippen LogP contribution in [0.1, 0.15) is 0 Å². The molecule has 0 aromatic carbocycles. The molecular formula is C4H12BrNO4. The van der Waals surface area contributed by atoms with Crippen LogP contribution in [0.15, 0.2) is 0 Å². The van der Waals surface area contributed by atoms with Crippen LogP contribution in [0, 0.1) is 0 Å². The van der Waals surface area contributed by atoms with Crippen molar-refractivity contribution in [3.05, 3.63) is 0 Å². The molecule has 0 radical (unpaired) electrons. The highest BCUT2D eigenvalue weighted by atomic mass is 79.9. The van der Waals surface area contributed by atoms with Crippen LogP contribution in [0.25, 0.3) is 0 Å². The van der Waals surface area contributed by atoms with Crippen LogP contribution in [-0.4, -0.2) is 51.8 Å². The minimum Gasteiger partial charge on any atom is -1.00 e. The van der Waals surface area contributed by atoms with Crippen molar-refractivity contribution in [2.24, 2.45) is 0 Å². The molecule has 4 N–H and O–H groups in total. The summed E-state index contributed by atoms with van der Waals surface area (Å²) >= 11 is 0. The molecule has 6 heteroatoms. The smallest absolute Gasteiger partial charge is 0.185 e. The van der Waals surface area contributed by atoms with E-state index in [2.05, 4.69) is 0 Å². The maximum atomic E-state index is 8.47. The van der Waals surface area contributed by atoms with Crippen LogP contribution >= 0.6 is 0 Å². The first-order valence-corrected chi connectivity index (χ1v) is 2.53. The van der Waals surface area contributed by atoms with E-state index in [0.29, 0.717) is 0 Å². The zero-order valence-electron chi connectivity index (χ0n) is 5.44. The van der Waals surface area contributed by atoms with Gasteiger partial charge in [0.15, 0.2) is 26.9 Å². The molecule has 0 rings (SSSR count). The summed E-state index contributed by atoms with van der Waals surface area (Å²) in [6.45, 7) is -1.88. The number of aliphatic hydroxyl groups excluding tert-OH is 4. The topological polar surface area (TPSA) is 80.9 Å². The van der Waals surface area contributed by atoms with Crippen LogP contribution < -0.4 is 17.0 Å². The molecule has 0 unspecified atom stereocenters. The van der Waals surface area contributed by atoms with Crippen molar-refractivity contribution in [3.8, 4) is 0 Å². The lowest BCUT2D eigenvalue weighted by molar-refractivity contribution is -0.991. The fraction of sp³-hybridized carbons (Fsp3) is 1.00. The Kier molecular flexibility index (Phi) is 7.77. The largest absolute Gasteiger partial charge is 1.00 e. The molecular weight excluding hydrogens is 206 g/mol. The Morgan fingerprint density at radius 2 is 0.900 bits per heavy atom. The molecule has 0 aromatic rings. The molecule has 0 saturated carbocycles. The van der Waals surface area contributed by atoms with Crippen LogP contribution in [0.3, 0.4) is 0 Å². The third kappa shape index (κ3) is 2.91. The van der Waals surface area contributed by atoms with Gasteiger partial charge in [-0.15, -0.1) is 0 Å². The zero-order chi connectivity index (χ0) is 7.33. The van der Waals surface area contributed by atoms with Gasteiger partial charge in [-0.05, 0) is 0 Å². The summed E-state index contributed by atoms with van der Waals surface area (Å²) < 4.78 is -0.500. The lowest BCUT2D eigenvalue weighted by atomic mass is 10.6. The molecule has 64 valence electrons. The highest BCUT2D eigenvalue weighted by Crippen LogP contribution is 1.97. The van der Waals surface area contributed by atoms with Crippen molar-refractivity contribution in [1.82, 2.24) is 0 Å². The average molecular weight is 218 g/mol. The van der Waals surface area contributed by atoms with Gasteiger partial charge in [-0.25, -0.2) is 4.48 Å². The van der Waals surface area contributed by atoms with Crippen molar-refractivity contribution in [2.45, 2.75) is 0 Å². The summed E-state index contributed by atoms with van der Waals surface area (Å²) in [6.07, 6.45) is 0. The predicted octanol–water partition coefficient (Wildman–Crippen LogP) is -5.39. The highest BCUT2D eigenvalue weighted by Gasteiger charge is 2.22. The van der Waals surface area contributed by atoms with E-state index in [9.17, 15) is 0 Å². The fourth-order valence-corrected chi connectivity index (χ4v) is 0.268. The number of hydrogen-bond acceptors (Lipinski definition) is 4. The Balaban J connectivity index is 0. The average Bonchev–Trinajstić information content (AvgIpc) is 1.95. The van der Waals surface area contributed by atoms with E-state index in [-0.39, 0.29) is 17.0 Å². The number of hydrogen-bond donors (Lipinski definition) is 4. The van der Waals surface area contributed by atoms with Crippen molar-refractivity contribution in [1.29, 1.82) is 0 Å². The van der Waals surface area contributed by atoms with Crippen LogP contribution in [0.4, 0.5) is 0 Å². The Bertz CT molecular complexity index is 60.1. The van der Waals surface area contributed by atoms with E-state index in [1.54, 1.807) is 0 Å². The third-order valence-corrected chi connectivity index (χ3v) is 1.20. The van der Waals surface area contributed by atoms with E-state index in [0.717, 1.165) is 0 Å². The van der Waals surface area contributed by atoms with Crippen molar-refractivity contribution in [3.63, 3.8) is 0 Å². The number of quaternary nitrogens is 1. The summed E-state index contributed by atoms with van der Waals surface area (Å²) in [5.41, 5.74) is 0. The molecule has 5 nitrogen and oxygen atoms in total.